The van der Waals surface area contributed by atoms with Crippen molar-refractivity contribution in [2.75, 3.05) is 13.1 Å². The van der Waals surface area contributed by atoms with Gasteiger partial charge in [0, 0.05) is 10.6 Å². The highest BCUT2D eigenvalue weighted by Gasteiger charge is 2.26. The first kappa shape index (κ1) is 12.4. The van der Waals surface area contributed by atoms with E-state index in [1.54, 1.807) is 0 Å². The smallest absolute Gasteiger partial charge is 0.226 e. The van der Waals surface area contributed by atoms with Crippen LogP contribution in [0.5, 0.6) is 0 Å². The Morgan fingerprint density at radius 1 is 1.41 bits per heavy atom. The Morgan fingerprint density at radius 3 is 2.76 bits per heavy atom. The van der Waals surface area contributed by atoms with Crippen molar-refractivity contribution < 1.29 is 9.69 Å². The molecule has 0 bridgehead atoms. The Bertz CT molecular complexity index is 391. The molecule has 0 spiro atoms. The Balaban J connectivity index is 1.94. The maximum absolute atomic E-state index is 11.2. The Morgan fingerprint density at radius 2 is 2.12 bits per heavy atom. The van der Waals surface area contributed by atoms with Crippen molar-refractivity contribution in [3.63, 3.8) is 0 Å². The number of carbonyl (C=O) groups is 1. The van der Waals surface area contributed by atoms with Crippen molar-refractivity contribution in [1.29, 1.82) is 0 Å². The average Bonchev–Trinajstić information content (AvgIpc) is 2.32. The molecule has 4 heteroatoms. The van der Waals surface area contributed by atoms with Gasteiger partial charge < -0.3 is 10.6 Å². The first-order valence-electron chi connectivity index (χ1n) is 6.02. The first-order chi connectivity index (χ1) is 8.15. The standard InChI is InChI=1S/C13H17ClN2O/c14-12-5-3-10(4-6-12)8-16-7-1-2-11(9-16)13(15)17/h3-6,11H,1-2,7-9H2,(H2,15,17)/p+1/t11-/m1/s1. The summed E-state index contributed by atoms with van der Waals surface area (Å²) in [6.45, 7) is 2.92. The van der Waals surface area contributed by atoms with Crippen LogP contribution in [0, 0.1) is 5.92 Å². The topological polar surface area (TPSA) is 47.5 Å². The van der Waals surface area contributed by atoms with Gasteiger partial charge in [-0.25, -0.2) is 0 Å². The zero-order valence-corrected chi connectivity index (χ0v) is 10.5. The summed E-state index contributed by atoms with van der Waals surface area (Å²) in [5, 5.41) is 0.761. The number of nitrogens with two attached hydrogens (primary N) is 1. The van der Waals surface area contributed by atoms with Crippen molar-refractivity contribution in [1.82, 2.24) is 0 Å². The molecule has 1 saturated heterocycles. The van der Waals surface area contributed by atoms with E-state index >= 15 is 0 Å². The molecule has 1 aromatic rings. The normalized spacial score (nSPS) is 24.5. The molecule has 1 fully saturated rings. The molecule has 3 nitrogen and oxygen atoms in total. The van der Waals surface area contributed by atoms with Crippen LogP contribution in [0.3, 0.4) is 0 Å². The van der Waals surface area contributed by atoms with Gasteiger partial charge in [0.15, 0.2) is 0 Å². The number of benzene rings is 1. The van der Waals surface area contributed by atoms with Crippen LogP contribution in [-0.4, -0.2) is 19.0 Å². The third-order valence-corrected chi connectivity index (χ3v) is 3.64. The van der Waals surface area contributed by atoms with Crippen LogP contribution in [0.25, 0.3) is 0 Å². The van der Waals surface area contributed by atoms with E-state index in [-0.39, 0.29) is 11.8 Å². The van der Waals surface area contributed by atoms with Gasteiger partial charge in [-0.05, 0) is 25.0 Å². The van der Waals surface area contributed by atoms with Crippen LogP contribution in [0.2, 0.25) is 5.02 Å². The number of piperidine rings is 1. The van der Waals surface area contributed by atoms with Crippen molar-refractivity contribution in [3.8, 4) is 0 Å². The number of carbonyl (C=O) groups excluding carboxylic acids is 1. The summed E-state index contributed by atoms with van der Waals surface area (Å²) in [5.41, 5.74) is 6.63. The van der Waals surface area contributed by atoms with E-state index in [1.807, 2.05) is 24.3 Å². The summed E-state index contributed by atoms with van der Waals surface area (Å²) in [7, 11) is 0. The fourth-order valence-corrected chi connectivity index (χ4v) is 2.57. The predicted molar refractivity (Wildman–Crippen MR) is 67.8 cm³/mol. The number of halogens is 1. The molecule has 0 saturated carbocycles. The van der Waals surface area contributed by atoms with Gasteiger partial charge in [0.25, 0.3) is 0 Å². The molecule has 0 aromatic heterocycles. The number of rotatable bonds is 3. The van der Waals surface area contributed by atoms with Crippen LogP contribution < -0.4 is 10.6 Å². The molecule has 0 aliphatic carbocycles. The maximum Gasteiger partial charge on any atom is 0.226 e. The highest BCUT2D eigenvalue weighted by Crippen LogP contribution is 2.10. The Labute approximate surface area is 107 Å². The molecule has 92 valence electrons. The van der Waals surface area contributed by atoms with Gasteiger partial charge >= 0.3 is 0 Å². The van der Waals surface area contributed by atoms with Gasteiger partial charge in [-0.2, -0.15) is 0 Å². The first-order valence-corrected chi connectivity index (χ1v) is 6.40. The van der Waals surface area contributed by atoms with Crippen LogP contribution in [0.1, 0.15) is 18.4 Å². The quantitative estimate of drug-likeness (QED) is 0.815. The summed E-state index contributed by atoms with van der Waals surface area (Å²) < 4.78 is 0. The number of nitrogens with one attached hydrogen (secondary N) is 1. The highest BCUT2D eigenvalue weighted by molar-refractivity contribution is 6.30. The average molecular weight is 254 g/mol. The molecule has 2 rings (SSSR count). The summed E-state index contributed by atoms with van der Waals surface area (Å²) in [4.78, 5) is 12.6. The van der Waals surface area contributed by atoms with Gasteiger partial charge in [0.1, 0.15) is 6.54 Å². The van der Waals surface area contributed by atoms with Crippen LogP contribution >= 0.6 is 11.6 Å². The lowest BCUT2D eigenvalue weighted by Crippen LogP contribution is -3.12. The minimum absolute atomic E-state index is 0.0473. The second kappa shape index (κ2) is 5.52. The minimum atomic E-state index is -0.154. The summed E-state index contributed by atoms with van der Waals surface area (Å²) in [6.07, 6.45) is 2.02. The summed E-state index contributed by atoms with van der Waals surface area (Å²) >= 11 is 5.85. The van der Waals surface area contributed by atoms with E-state index in [2.05, 4.69) is 0 Å². The second-order valence-electron chi connectivity index (χ2n) is 4.75. The van der Waals surface area contributed by atoms with Crippen molar-refractivity contribution in [2.45, 2.75) is 19.4 Å². The molecule has 1 aromatic carbocycles. The number of hydrogen-bond donors (Lipinski definition) is 2. The van der Waals surface area contributed by atoms with Gasteiger partial charge in [-0.3, -0.25) is 4.79 Å². The number of amides is 1. The second-order valence-corrected chi connectivity index (χ2v) is 5.19. The predicted octanol–water partition coefficient (Wildman–Crippen LogP) is 0.620. The fourth-order valence-electron chi connectivity index (χ4n) is 2.45. The summed E-state index contributed by atoms with van der Waals surface area (Å²) in [6, 6.07) is 7.91. The molecule has 1 heterocycles. The summed E-state index contributed by atoms with van der Waals surface area (Å²) in [5.74, 6) is -0.107. The van der Waals surface area contributed by atoms with Crippen molar-refractivity contribution >= 4 is 17.5 Å². The Hall–Kier alpha value is -1.06. The van der Waals surface area contributed by atoms with Crippen LogP contribution in [-0.2, 0) is 11.3 Å². The van der Waals surface area contributed by atoms with Gasteiger partial charge in [0.2, 0.25) is 5.91 Å². The SMILES string of the molecule is NC(=O)[C@@H]1CCC[NH+](Cc2ccc(Cl)cc2)C1. The minimum Gasteiger partial charge on any atom is -0.369 e. The molecular weight excluding hydrogens is 236 g/mol. The van der Waals surface area contributed by atoms with Crippen molar-refractivity contribution in [2.24, 2.45) is 11.7 Å². The Kier molecular flexibility index (Phi) is 4.02. The molecule has 2 atom stereocenters. The molecule has 3 N–H and O–H groups in total. The van der Waals surface area contributed by atoms with E-state index in [9.17, 15) is 4.79 Å². The third-order valence-electron chi connectivity index (χ3n) is 3.39. The molecule has 1 amide bonds. The lowest BCUT2D eigenvalue weighted by atomic mass is 9.97. The number of hydrogen-bond acceptors (Lipinski definition) is 1. The fraction of sp³-hybridized carbons (Fsp3) is 0.462. The monoisotopic (exact) mass is 253 g/mol. The number of likely N-dealkylation sites (tertiary alicyclic amines) is 1. The van der Waals surface area contributed by atoms with Crippen molar-refractivity contribution in [3.05, 3.63) is 34.9 Å². The number of primary amides is 1. The van der Waals surface area contributed by atoms with Crippen LogP contribution in [0.4, 0.5) is 0 Å². The zero-order valence-electron chi connectivity index (χ0n) is 9.79. The third kappa shape index (κ3) is 3.45. The zero-order chi connectivity index (χ0) is 12.3. The molecule has 0 radical (unpaired) electrons. The van der Waals surface area contributed by atoms with Gasteiger partial charge in [-0.1, -0.05) is 23.7 Å². The van der Waals surface area contributed by atoms with E-state index in [1.165, 1.54) is 10.5 Å². The van der Waals surface area contributed by atoms with E-state index in [4.69, 9.17) is 17.3 Å². The largest absolute Gasteiger partial charge is 0.369 e. The maximum atomic E-state index is 11.2. The van der Waals surface area contributed by atoms with Gasteiger partial charge in [0.05, 0.1) is 19.0 Å². The molecule has 1 aliphatic heterocycles. The molecule has 1 unspecified atom stereocenters. The highest BCUT2D eigenvalue weighted by atomic mass is 35.5. The lowest BCUT2D eigenvalue weighted by molar-refractivity contribution is -0.921. The lowest BCUT2D eigenvalue weighted by Gasteiger charge is -2.28. The molecular formula is C13H18ClN2O+. The van der Waals surface area contributed by atoms with Gasteiger partial charge in [-0.15, -0.1) is 0 Å². The molecule has 1 aliphatic rings. The van der Waals surface area contributed by atoms with E-state index in [0.29, 0.717) is 0 Å². The van der Waals surface area contributed by atoms with E-state index in [0.717, 1.165) is 37.5 Å². The van der Waals surface area contributed by atoms with Crippen LogP contribution in [0.15, 0.2) is 24.3 Å². The van der Waals surface area contributed by atoms with E-state index < -0.39 is 0 Å². The molecule has 17 heavy (non-hydrogen) atoms. The number of quaternary nitrogens is 1.